The number of aliphatic hydroxyl groups is 1. The van der Waals surface area contributed by atoms with Crippen molar-refractivity contribution in [1.82, 2.24) is 4.90 Å². The second kappa shape index (κ2) is 8.55. The number of benzene rings is 2. The highest BCUT2D eigenvalue weighted by molar-refractivity contribution is 6.31. The number of unbranched alkanes of at least 4 members (excludes halogenated alkanes) is 2. The van der Waals surface area contributed by atoms with Crippen LogP contribution in [0.25, 0.3) is 11.0 Å². The number of hydrogen-bond acceptors (Lipinski definition) is 4. The SMILES string of the molecule is CCCCCN1C(=O)C(O)=C(C(=O)c2cc3cc(Cl)ccc3o2)C1c1ccc(F)cc1. The van der Waals surface area contributed by atoms with Crippen LogP contribution in [0.5, 0.6) is 0 Å². The molecule has 0 bridgehead atoms. The highest BCUT2D eigenvalue weighted by Crippen LogP contribution is 2.40. The van der Waals surface area contributed by atoms with E-state index in [1.54, 1.807) is 18.2 Å². The summed E-state index contributed by atoms with van der Waals surface area (Å²) >= 11 is 6.01. The van der Waals surface area contributed by atoms with Gasteiger partial charge in [-0.05, 0) is 48.4 Å². The number of furan rings is 1. The van der Waals surface area contributed by atoms with Crippen molar-refractivity contribution in [1.29, 1.82) is 0 Å². The zero-order chi connectivity index (χ0) is 22.1. The molecule has 1 aliphatic rings. The third kappa shape index (κ3) is 3.95. The number of halogens is 2. The molecule has 3 aromatic rings. The van der Waals surface area contributed by atoms with E-state index < -0.39 is 29.3 Å². The number of rotatable bonds is 7. The Bertz CT molecular complexity index is 1180. The fourth-order valence-corrected chi connectivity index (χ4v) is 4.08. The van der Waals surface area contributed by atoms with E-state index in [0.29, 0.717) is 28.1 Å². The van der Waals surface area contributed by atoms with Gasteiger partial charge >= 0.3 is 0 Å². The van der Waals surface area contributed by atoms with Crippen molar-refractivity contribution in [3.8, 4) is 0 Å². The zero-order valence-corrected chi connectivity index (χ0v) is 17.7. The van der Waals surface area contributed by atoms with Gasteiger partial charge in [0.2, 0.25) is 5.78 Å². The molecule has 1 aliphatic heterocycles. The maximum atomic E-state index is 13.5. The molecule has 1 N–H and O–H groups in total. The minimum atomic E-state index is -0.825. The summed E-state index contributed by atoms with van der Waals surface area (Å²) in [4.78, 5) is 27.7. The molecule has 1 unspecified atom stereocenters. The van der Waals surface area contributed by atoms with Crippen molar-refractivity contribution in [2.24, 2.45) is 0 Å². The van der Waals surface area contributed by atoms with Gasteiger partial charge in [0.05, 0.1) is 11.6 Å². The van der Waals surface area contributed by atoms with Crippen molar-refractivity contribution in [2.75, 3.05) is 6.54 Å². The number of ketones is 1. The van der Waals surface area contributed by atoms with Gasteiger partial charge < -0.3 is 14.4 Å². The van der Waals surface area contributed by atoms with E-state index in [1.807, 2.05) is 6.92 Å². The van der Waals surface area contributed by atoms with Crippen LogP contribution in [0.1, 0.15) is 48.3 Å². The fraction of sp³-hybridized carbons (Fsp3) is 0.250. The Morgan fingerprint density at radius 3 is 2.61 bits per heavy atom. The standard InChI is InChI=1S/C24H21ClFNO4/c1-2-3-4-11-27-21(14-5-8-17(26)9-6-14)20(23(29)24(27)30)22(28)19-13-15-12-16(25)7-10-18(15)31-19/h5-10,12-13,21,29H,2-4,11H2,1H3. The monoisotopic (exact) mass is 441 g/mol. The molecular weight excluding hydrogens is 421 g/mol. The molecule has 0 fully saturated rings. The van der Waals surface area contributed by atoms with E-state index in [2.05, 4.69) is 0 Å². The number of amides is 1. The van der Waals surface area contributed by atoms with Crippen molar-refractivity contribution in [3.63, 3.8) is 0 Å². The lowest BCUT2D eigenvalue weighted by molar-refractivity contribution is -0.129. The topological polar surface area (TPSA) is 70.8 Å². The number of hydrogen-bond donors (Lipinski definition) is 1. The first-order valence-electron chi connectivity index (χ1n) is 10.1. The summed E-state index contributed by atoms with van der Waals surface area (Å²) in [7, 11) is 0. The van der Waals surface area contributed by atoms with Gasteiger partial charge in [0, 0.05) is 17.0 Å². The second-order valence-electron chi connectivity index (χ2n) is 7.54. The fourth-order valence-electron chi connectivity index (χ4n) is 3.90. The maximum absolute atomic E-state index is 13.5. The number of aliphatic hydroxyl groups excluding tert-OH is 1. The number of nitrogens with zero attached hydrogens (tertiary/aromatic N) is 1. The summed E-state index contributed by atoms with van der Waals surface area (Å²) < 4.78 is 19.2. The Kier molecular flexibility index (Phi) is 5.83. The predicted octanol–water partition coefficient (Wildman–Crippen LogP) is 5.99. The van der Waals surface area contributed by atoms with E-state index in [4.69, 9.17) is 16.0 Å². The van der Waals surface area contributed by atoms with Crippen LogP contribution in [0.15, 0.2) is 64.3 Å². The first-order valence-corrected chi connectivity index (χ1v) is 10.5. The summed E-state index contributed by atoms with van der Waals surface area (Å²) in [5.41, 5.74) is 0.936. The highest BCUT2D eigenvalue weighted by atomic mass is 35.5. The van der Waals surface area contributed by atoms with Crippen molar-refractivity contribution in [2.45, 2.75) is 32.2 Å². The van der Waals surface area contributed by atoms with Gasteiger partial charge in [0.25, 0.3) is 5.91 Å². The molecule has 2 aromatic carbocycles. The second-order valence-corrected chi connectivity index (χ2v) is 7.98. The van der Waals surface area contributed by atoms with E-state index in [-0.39, 0.29) is 11.3 Å². The van der Waals surface area contributed by atoms with Crippen LogP contribution in [0.2, 0.25) is 5.02 Å². The molecule has 0 saturated heterocycles. The van der Waals surface area contributed by atoms with Crippen molar-refractivity contribution >= 4 is 34.3 Å². The van der Waals surface area contributed by atoms with E-state index in [9.17, 15) is 19.1 Å². The number of fused-ring (bicyclic) bond motifs is 1. The highest BCUT2D eigenvalue weighted by Gasteiger charge is 2.44. The van der Waals surface area contributed by atoms with Gasteiger partial charge in [0.1, 0.15) is 11.4 Å². The molecule has 1 amide bonds. The molecule has 0 saturated carbocycles. The lowest BCUT2D eigenvalue weighted by Crippen LogP contribution is -2.32. The van der Waals surface area contributed by atoms with Gasteiger partial charge in [-0.2, -0.15) is 0 Å². The van der Waals surface area contributed by atoms with E-state index in [1.165, 1.54) is 35.2 Å². The van der Waals surface area contributed by atoms with Gasteiger partial charge in [-0.15, -0.1) is 0 Å². The predicted molar refractivity (Wildman–Crippen MR) is 116 cm³/mol. The minimum Gasteiger partial charge on any atom is -0.503 e. The Balaban J connectivity index is 1.76. The molecule has 5 nitrogen and oxygen atoms in total. The Labute approximate surface area is 183 Å². The van der Waals surface area contributed by atoms with Crippen LogP contribution < -0.4 is 0 Å². The Hall–Kier alpha value is -3.12. The average Bonchev–Trinajstić information content (AvgIpc) is 3.28. The van der Waals surface area contributed by atoms with Crippen molar-refractivity contribution in [3.05, 3.63) is 82.0 Å². The Morgan fingerprint density at radius 1 is 1.16 bits per heavy atom. The molecule has 0 spiro atoms. The normalized spacial score (nSPS) is 16.5. The molecule has 1 atom stereocenters. The molecule has 4 rings (SSSR count). The lowest BCUT2D eigenvalue weighted by Gasteiger charge is -2.26. The van der Waals surface area contributed by atoms with E-state index in [0.717, 1.165) is 19.3 Å². The Morgan fingerprint density at radius 2 is 1.90 bits per heavy atom. The van der Waals surface area contributed by atoms with Crippen LogP contribution in [0.3, 0.4) is 0 Å². The van der Waals surface area contributed by atoms with Gasteiger partial charge in [-0.1, -0.05) is 43.5 Å². The molecule has 0 radical (unpaired) electrons. The molecule has 7 heteroatoms. The summed E-state index contributed by atoms with van der Waals surface area (Å²) in [5, 5.41) is 11.8. The first-order chi connectivity index (χ1) is 14.9. The minimum absolute atomic E-state index is 0.00543. The van der Waals surface area contributed by atoms with Gasteiger partial charge in [0.15, 0.2) is 11.5 Å². The summed E-state index contributed by atoms with van der Waals surface area (Å²) in [6, 6.07) is 11.2. The maximum Gasteiger partial charge on any atom is 0.290 e. The van der Waals surface area contributed by atoms with Gasteiger partial charge in [-0.3, -0.25) is 9.59 Å². The van der Waals surface area contributed by atoms with Crippen molar-refractivity contribution < 1.29 is 23.5 Å². The number of carbonyl (C=O) groups is 2. The molecule has 0 aliphatic carbocycles. The summed E-state index contributed by atoms with van der Waals surface area (Å²) in [5.74, 6) is -2.25. The molecule has 1 aromatic heterocycles. The van der Waals surface area contributed by atoms with Gasteiger partial charge in [-0.25, -0.2) is 4.39 Å². The molecule has 160 valence electrons. The van der Waals surface area contributed by atoms with Crippen LogP contribution in [-0.4, -0.2) is 28.2 Å². The third-order valence-electron chi connectivity index (χ3n) is 5.44. The molecule has 31 heavy (non-hydrogen) atoms. The van der Waals surface area contributed by atoms with Crippen LogP contribution in [0, 0.1) is 5.82 Å². The van der Waals surface area contributed by atoms with Crippen LogP contribution in [0.4, 0.5) is 4.39 Å². The average molecular weight is 442 g/mol. The molecular formula is C24H21ClFNO4. The van der Waals surface area contributed by atoms with Crippen LogP contribution in [-0.2, 0) is 4.79 Å². The number of carbonyl (C=O) groups excluding carboxylic acids is 2. The lowest BCUT2D eigenvalue weighted by atomic mass is 9.95. The van der Waals surface area contributed by atoms with Crippen LogP contribution >= 0.6 is 11.6 Å². The zero-order valence-electron chi connectivity index (χ0n) is 16.9. The smallest absolute Gasteiger partial charge is 0.290 e. The largest absolute Gasteiger partial charge is 0.503 e. The molecule has 2 heterocycles. The third-order valence-corrected chi connectivity index (χ3v) is 5.67. The summed E-state index contributed by atoms with van der Waals surface area (Å²) in [6.07, 6.45) is 2.57. The first kappa shape index (κ1) is 21.1. The van der Waals surface area contributed by atoms with E-state index >= 15 is 0 Å². The summed E-state index contributed by atoms with van der Waals surface area (Å²) in [6.45, 7) is 2.41. The quantitative estimate of drug-likeness (QED) is 0.361. The number of Topliss-reactive ketones (excluding diaryl/α,β-unsaturated/α-hetero) is 1.